The number of hydrogen-bond acceptors (Lipinski definition) is 3. The molecule has 0 spiro atoms. The molecule has 1 aromatic carbocycles. The second kappa shape index (κ2) is 4.58. The number of benzene rings is 1. The molecule has 108 valence electrons. The molecule has 3 rings (SSSR count). The number of fused-ring (bicyclic) bond motifs is 1. The van der Waals surface area contributed by atoms with Gasteiger partial charge in [-0.05, 0) is 5.56 Å². The first-order valence-corrected chi connectivity index (χ1v) is 6.88. The zero-order valence-corrected chi connectivity index (χ0v) is 12.3. The third-order valence-corrected chi connectivity index (χ3v) is 3.99. The Hall–Kier alpha value is -2.36. The third-order valence-electron chi connectivity index (χ3n) is 3.99. The Morgan fingerprint density at radius 1 is 1.24 bits per heavy atom. The Bertz CT molecular complexity index is 726. The van der Waals surface area contributed by atoms with Crippen LogP contribution in [0.25, 0.3) is 11.1 Å². The van der Waals surface area contributed by atoms with Crippen molar-refractivity contribution < 1.29 is 14.3 Å². The fourth-order valence-electron chi connectivity index (χ4n) is 2.89. The lowest BCUT2D eigenvalue weighted by Gasteiger charge is -2.14. The Labute approximate surface area is 123 Å². The molecule has 0 radical (unpaired) electrons. The van der Waals surface area contributed by atoms with Crippen molar-refractivity contribution in [2.75, 3.05) is 7.11 Å². The fourth-order valence-corrected chi connectivity index (χ4v) is 2.89. The molecule has 0 aliphatic carbocycles. The van der Waals surface area contributed by atoms with Crippen LogP contribution in [0.3, 0.4) is 0 Å². The van der Waals surface area contributed by atoms with Crippen LogP contribution in [-0.4, -0.2) is 23.6 Å². The Balaban J connectivity index is 2.23. The van der Waals surface area contributed by atoms with Gasteiger partial charge in [-0.3, -0.25) is 9.36 Å². The molecule has 0 atom stereocenters. The third kappa shape index (κ3) is 1.98. The lowest BCUT2D eigenvalue weighted by atomic mass is 9.88. The Morgan fingerprint density at radius 3 is 2.52 bits per heavy atom. The van der Waals surface area contributed by atoms with Gasteiger partial charge in [-0.15, -0.1) is 0 Å². The zero-order chi connectivity index (χ0) is 15.2. The Kier molecular flexibility index (Phi) is 2.97. The molecule has 0 bridgehead atoms. The lowest BCUT2D eigenvalue weighted by Crippen LogP contribution is -2.22. The maximum atomic E-state index is 12.4. The van der Waals surface area contributed by atoms with Crippen molar-refractivity contribution >= 4 is 11.9 Å². The highest BCUT2D eigenvalue weighted by molar-refractivity contribution is 6.02. The second-order valence-corrected chi connectivity index (χ2v) is 5.96. The van der Waals surface area contributed by atoms with Gasteiger partial charge in [0.05, 0.1) is 12.7 Å². The highest BCUT2D eigenvalue weighted by Crippen LogP contribution is 2.39. The normalized spacial score (nSPS) is 15.9. The van der Waals surface area contributed by atoms with E-state index < -0.39 is 11.4 Å². The van der Waals surface area contributed by atoms with Gasteiger partial charge in [0.15, 0.2) is 0 Å². The van der Waals surface area contributed by atoms with E-state index in [2.05, 4.69) is 0 Å². The molecule has 0 amide bonds. The first kappa shape index (κ1) is 13.6. The van der Waals surface area contributed by atoms with Crippen LogP contribution in [-0.2, 0) is 11.2 Å². The average Bonchev–Trinajstić information content (AvgIpc) is 2.94. The van der Waals surface area contributed by atoms with Crippen LogP contribution in [0.15, 0.2) is 36.5 Å². The molecule has 4 heteroatoms. The average molecular weight is 283 g/mol. The van der Waals surface area contributed by atoms with Crippen molar-refractivity contribution in [1.82, 2.24) is 4.57 Å². The number of esters is 1. The van der Waals surface area contributed by atoms with Gasteiger partial charge in [-0.25, -0.2) is 4.79 Å². The predicted octanol–water partition coefficient (Wildman–Crippen LogP) is 3.16. The quantitative estimate of drug-likeness (QED) is 0.795. The van der Waals surface area contributed by atoms with Crippen molar-refractivity contribution in [3.63, 3.8) is 0 Å². The van der Waals surface area contributed by atoms with Crippen LogP contribution in [0.1, 0.15) is 34.7 Å². The summed E-state index contributed by atoms with van der Waals surface area (Å²) in [5.74, 6) is -0.377. The van der Waals surface area contributed by atoms with Crippen molar-refractivity contribution in [2.45, 2.75) is 20.3 Å². The summed E-state index contributed by atoms with van der Waals surface area (Å²) in [7, 11) is 1.36. The van der Waals surface area contributed by atoms with Gasteiger partial charge in [0.2, 0.25) is 5.91 Å². The van der Waals surface area contributed by atoms with E-state index >= 15 is 0 Å². The Morgan fingerprint density at radius 2 is 1.90 bits per heavy atom. The van der Waals surface area contributed by atoms with E-state index in [1.807, 2.05) is 44.2 Å². The van der Waals surface area contributed by atoms with Crippen molar-refractivity contribution in [1.29, 1.82) is 0 Å². The predicted molar refractivity (Wildman–Crippen MR) is 79.3 cm³/mol. The lowest BCUT2D eigenvalue weighted by molar-refractivity contribution is 0.0600. The SMILES string of the molecule is COC(=O)c1c(-c2ccccc2)cn2c1CC(C)(C)C2=O. The monoisotopic (exact) mass is 283 g/mol. The molecule has 1 aromatic heterocycles. The summed E-state index contributed by atoms with van der Waals surface area (Å²) in [4.78, 5) is 24.6. The van der Waals surface area contributed by atoms with Gasteiger partial charge in [-0.2, -0.15) is 0 Å². The van der Waals surface area contributed by atoms with Gasteiger partial charge in [-0.1, -0.05) is 44.2 Å². The highest BCUT2D eigenvalue weighted by atomic mass is 16.5. The van der Waals surface area contributed by atoms with Gasteiger partial charge in [0.1, 0.15) is 0 Å². The van der Waals surface area contributed by atoms with Gasteiger partial charge >= 0.3 is 5.97 Å². The fraction of sp³-hybridized carbons (Fsp3) is 0.294. The van der Waals surface area contributed by atoms with Crippen LogP contribution < -0.4 is 0 Å². The van der Waals surface area contributed by atoms with E-state index in [1.54, 1.807) is 10.8 Å². The number of aromatic nitrogens is 1. The summed E-state index contributed by atoms with van der Waals surface area (Å²) in [5, 5.41) is 0. The molecule has 2 heterocycles. The van der Waals surface area contributed by atoms with Crippen LogP contribution in [0.2, 0.25) is 0 Å². The van der Waals surface area contributed by atoms with E-state index in [4.69, 9.17) is 4.74 Å². The summed E-state index contributed by atoms with van der Waals surface area (Å²) >= 11 is 0. The summed E-state index contributed by atoms with van der Waals surface area (Å²) < 4.78 is 6.53. The molecule has 21 heavy (non-hydrogen) atoms. The minimum absolute atomic E-state index is 0.0184. The maximum absolute atomic E-state index is 12.4. The summed E-state index contributed by atoms with van der Waals surface area (Å²) in [6.45, 7) is 3.79. The molecule has 0 saturated heterocycles. The van der Waals surface area contributed by atoms with E-state index in [9.17, 15) is 9.59 Å². The van der Waals surface area contributed by atoms with Gasteiger partial charge in [0.25, 0.3) is 0 Å². The number of hydrogen-bond donors (Lipinski definition) is 0. The number of ether oxygens (including phenoxy) is 1. The molecule has 0 fully saturated rings. The zero-order valence-electron chi connectivity index (χ0n) is 12.3. The largest absolute Gasteiger partial charge is 0.465 e. The summed E-state index contributed by atoms with van der Waals surface area (Å²) in [6, 6.07) is 9.58. The molecule has 1 aliphatic heterocycles. The minimum atomic E-state index is -0.479. The number of rotatable bonds is 2. The van der Waals surface area contributed by atoms with Crippen LogP contribution >= 0.6 is 0 Å². The van der Waals surface area contributed by atoms with E-state index in [1.165, 1.54) is 7.11 Å². The van der Waals surface area contributed by atoms with Crippen LogP contribution in [0.4, 0.5) is 0 Å². The first-order chi connectivity index (χ1) is 9.95. The molecular formula is C17H17NO3. The van der Waals surface area contributed by atoms with Crippen molar-refractivity contribution in [2.24, 2.45) is 5.41 Å². The van der Waals surface area contributed by atoms with E-state index in [-0.39, 0.29) is 5.91 Å². The molecule has 4 nitrogen and oxygen atoms in total. The second-order valence-electron chi connectivity index (χ2n) is 5.96. The van der Waals surface area contributed by atoms with Gasteiger partial charge in [0, 0.05) is 29.3 Å². The maximum Gasteiger partial charge on any atom is 0.340 e. The van der Waals surface area contributed by atoms with Crippen molar-refractivity contribution in [3.05, 3.63) is 47.8 Å². The topological polar surface area (TPSA) is 48.3 Å². The first-order valence-electron chi connectivity index (χ1n) is 6.88. The molecule has 0 N–H and O–H groups in total. The highest BCUT2D eigenvalue weighted by Gasteiger charge is 2.41. The standard InChI is InChI=1S/C17H17NO3/c1-17(2)9-13-14(15(19)21-3)12(10-18(13)16(17)20)11-7-5-4-6-8-11/h4-8,10H,9H2,1-3H3. The number of methoxy groups -OCH3 is 1. The minimum Gasteiger partial charge on any atom is -0.465 e. The smallest absolute Gasteiger partial charge is 0.340 e. The molecule has 0 unspecified atom stereocenters. The number of carbonyl (C=O) groups is 2. The van der Waals surface area contributed by atoms with Crippen molar-refractivity contribution in [3.8, 4) is 11.1 Å². The summed E-state index contributed by atoms with van der Waals surface area (Å²) in [6.07, 6.45) is 2.30. The van der Waals surface area contributed by atoms with E-state index in [0.717, 1.165) is 16.8 Å². The van der Waals surface area contributed by atoms with Crippen LogP contribution in [0.5, 0.6) is 0 Å². The molecule has 2 aromatic rings. The number of carbonyl (C=O) groups excluding carboxylic acids is 2. The van der Waals surface area contributed by atoms with Crippen LogP contribution in [0, 0.1) is 5.41 Å². The van der Waals surface area contributed by atoms with E-state index in [0.29, 0.717) is 12.0 Å². The molecule has 1 aliphatic rings. The summed E-state index contributed by atoms with van der Waals surface area (Å²) in [5.41, 5.74) is 2.43. The molecule has 0 saturated carbocycles. The van der Waals surface area contributed by atoms with Gasteiger partial charge < -0.3 is 4.74 Å². The molecular weight excluding hydrogens is 266 g/mol. The number of nitrogens with zero attached hydrogens (tertiary/aromatic N) is 1.